The van der Waals surface area contributed by atoms with Crippen molar-refractivity contribution in [2.75, 3.05) is 43.1 Å². The number of carboxylic acids is 1. The van der Waals surface area contributed by atoms with Crippen molar-refractivity contribution < 1.29 is 45.8 Å². The molecule has 360 valence electrons. The van der Waals surface area contributed by atoms with Crippen LogP contribution in [0, 0.1) is 0 Å². The number of nitrogens with zero attached hydrogens (tertiary/aromatic N) is 8. The van der Waals surface area contributed by atoms with Gasteiger partial charge in [0.2, 0.25) is 0 Å². The molecule has 6 heterocycles. The van der Waals surface area contributed by atoms with Gasteiger partial charge in [-0.05, 0) is 92.4 Å². The molecular formula is C53H42F6N8O4. The summed E-state index contributed by atoms with van der Waals surface area (Å²) in [6.07, 6.45) is -6.66. The number of rotatable bonds is 9. The maximum atomic E-state index is 14.9. The van der Waals surface area contributed by atoms with Crippen molar-refractivity contribution in [1.29, 1.82) is 0 Å². The van der Waals surface area contributed by atoms with Crippen molar-refractivity contribution in [3.05, 3.63) is 155 Å². The van der Waals surface area contributed by atoms with E-state index >= 15 is 0 Å². The Labute approximate surface area is 402 Å². The summed E-state index contributed by atoms with van der Waals surface area (Å²) in [7, 11) is 1.26. The zero-order valence-electron chi connectivity index (χ0n) is 37.9. The van der Waals surface area contributed by atoms with E-state index in [1.807, 2.05) is 40.1 Å². The normalized spacial score (nSPS) is 15.1. The van der Waals surface area contributed by atoms with E-state index in [1.165, 1.54) is 37.6 Å². The number of benzene rings is 4. The third-order valence-corrected chi connectivity index (χ3v) is 13.2. The number of carbonyl (C=O) groups is 2. The Balaban J connectivity index is 0.975. The fraction of sp³-hybridized carbons (Fsp3) is 0.245. The Morgan fingerprint density at radius 3 is 1.68 bits per heavy atom. The number of methoxy groups -OCH3 is 1. The Kier molecular flexibility index (Phi) is 12.3. The Morgan fingerprint density at radius 1 is 0.549 bits per heavy atom. The predicted molar refractivity (Wildman–Crippen MR) is 254 cm³/mol. The molecule has 0 atom stereocenters. The zero-order chi connectivity index (χ0) is 49.6. The lowest BCUT2D eigenvalue weighted by Gasteiger charge is -2.34. The highest BCUT2D eigenvalue weighted by molar-refractivity contribution is 5.95. The maximum Gasteiger partial charge on any atom is 0.418 e. The molecule has 8 aromatic rings. The number of hydrogen-bond donors (Lipinski definition) is 1. The van der Waals surface area contributed by atoms with Gasteiger partial charge in [-0.1, -0.05) is 48.5 Å². The van der Waals surface area contributed by atoms with Crippen molar-refractivity contribution in [3.63, 3.8) is 0 Å². The predicted octanol–water partition coefficient (Wildman–Crippen LogP) is 11.7. The number of fused-ring (bicyclic) bond motifs is 2. The lowest BCUT2D eigenvalue weighted by Crippen LogP contribution is -2.35. The van der Waals surface area contributed by atoms with Crippen LogP contribution in [0.15, 0.2) is 121 Å². The van der Waals surface area contributed by atoms with E-state index in [0.29, 0.717) is 114 Å². The van der Waals surface area contributed by atoms with Crippen molar-refractivity contribution in [2.24, 2.45) is 0 Å². The standard InChI is InChI=1S/C53H42F6N8O4/c1-71-51(70)36-13-16-41-43(29-36)65-49(67-23-18-31(19-24-67)44-37(52(54,55)56)11-6-22-60-44)47(63-41)34-10-5-9-33(27-34)39-17-14-38(53(57,58)59)45(61-39)32-20-25-66(26-21-32)48-46(30-7-3-2-4-8-30)62-40-15-12-35(50(68)69)28-42(40)64-48/h2-17,22,27-29,31-32H,18-21,23-26H2,1H3,(H,68,69). The van der Waals surface area contributed by atoms with E-state index in [9.17, 15) is 41.0 Å². The lowest BCUT2D eigenvalue weighted by atomic mass is 9.89. The summed E-state index contributed by atoms with van der Waals surface area (Å²) in [6, 6.07) is 30.4. The number of aromatic carboxylic acids is 1. The molecule has 0 bridgehead atoms. The molecule has 71 heavy (non-hydrogen) atoms. The van der Waals surface area contributed by atoms with E-state index in [1.54, 1.807) is 48.5 Å². The summed E-state index contributed by atoms with van der Waals surface area (Å²) in [6.45, 7) is 1.24. The summed E-state index contributed by atoms with van der Waals surface area (Å²) in [5.74, 6) is -1.85. The number of carbonyl (C=O) groups excluding carboxylic acids is 1. The first-order valence-electron chi connectivity index (χ1n) is 22.8. The van der Waals surface area contributed by atoms with Gasteiger partial charge in [0.1, 0.15) is 11.4 Å². The van der Waals surface area contributed by atoms with Gasteiger partial charge in [0.05, 0.1) is 68.5 Å². The number of aromatic nitrogens is 6. The summed E-state index contributed by atoms with van der Waals surface area (Å²) >= 11 is 0. The van der Waals surface area contributed by atoms with E-state index in [0.717, 1.165) is 17.7 Å². The molecule has 4 aromatic heterocycles. The van der Waals surface area contributed by atoms with Crippen LogP contribution in [0.4, 0.5) is 38.0 Å². The van der Waals surface area contributed by atoms with E-state index < -0.39 is 47.3 Å². The van der Waals surface area contributed by atoms with Crippen LogP contribution in [0.1, 0.15) is 80.7 Å². The number of ether oxygens (including phenoxy) is 1. The molecular weight excluding hydrogens is 927 g/mol. The number of halogens is 6. The van der Waals surface area contributed by atoms with Crippen LogP contribution in [0.25, 0.3) is 55.8 Å². The van der Waals surface area contributed by atoms with Crippen molar-refractivity contribution in [3.8, 4) is 33.8 Å². The molecule has 2 aliphatic rings. The molecule has 2 fully saturated rings. The highest BCUT2D eigenvalue weighted by Gasteiger charge is 2.39. The number of hydrogen-bond acceptors (Lipinski definition) is 11. The van der Waals surface area contributed by atoms with Crippen molar-refractivity contribution in [1.82, 2.24) is 29.9 Å². The minimum atomic E-state index is -4.70. The Bertz CT molecular complexity index is 3340. The summed E-state index contributed by atoms with van der Waals surface area (Å²) in [5.41, 5.74) is 3.42. The highest BCUT2D eigenvalue weighted by Crippen LogP contribution is 2.43. The molecule has 0 amide bonds. The third-order valence-electron chi connectivity index (χ3n) is 13.2. The van der Waals surface area contributed by atoms with Crippen LogP contribution in [0.2, 0.25) is 0 Å². The largest absolute Gasteiger partial charge is 0.478 e. The molecule has 4 aromatic carbocycles. The number of esters is 1. The molecule has 0 spiro atoms. The van der Waals surface area contributed by atoms with Gasteiger partial charge in [-0.2, -0.15) is 26.3 Å². The maximum absolute atomic E-state index is 14.9. The van der Waals surface area contributed by atoms with Crippen LogP contribution in [0.5, 0.6) is 0 Å². The van der Waals surface area contributed by atoms with Gasteiger partial charge in [-0.25, -0.2) is 29.5 Å². The molecule has 10 rings (SSSR count). The molecule has 18 heteroatoms. The van der Waals surface area contributed by atoms with Gasteiger partial charge < -0.3 is 19.6 Å². The molecule has 0 radical (unpaired) electrons. The molecule has 0 saturated carbocycles. The Hall–Kier alpha value is -8.02. The first-order valence-corrected chi connectivity index (χ1v) is 22.8. The van der Waals surface area contributed by atoms with Crippen molar-refractivity contribution in [2.45, 2.75) is 49.9 Å². The summed E-state index contributed by atoms with van der Waals surface area (Å²) in [4.78, 5) is 56.9. The monoisotopic (exact) mass is 968 g/mol. The number of piperidine rings is 2. The fourth-order valence-electron chi connectivity index (χ4n) is 9.62. The SMILES string of the molecule is COC(=O)c1ccc2nc(-c3cccc(-c4ccc(C(F)(F)F)c(C5CCN(c6nc7cc(C(=O)O)ccc7nc6-c6ccccc6)CC5)n4)c3)c(N3CCC(c4ncccc4C(F)(F)F)CC3)nc2c1. The van der Waals surface area contributed by atoms with Crippen LogP contribution < -0.4 is 9.80 Å². The zero-order valence-corrected chi connectivity index (χ0v) is 37.9. The second kappa shape index (κ2) is 18.7. The quantitative estimate of drug-likeness (QED) is 0.108. The minimum absolute atomic E-state index is 0.0112. The molecule has 0 unspecified atom stereocenters. The second-order valence-electron chi connectivity index (χ2n) is 17.5. The van der Waals surface area contributed by atoms with Gasteiger partial charge in [0, 0.05) is 60.9 Å². The van der Waals surface area contributed by atoms with Gasteiger partial charge in [-0.3, -0.25) is 9.97 Å². The van der Waals surface area contributed by atoms with E-state index in [4.69, 9.17) is 29.7 Å². The van der Waals surface area contributed by atoms with Gasteiger partial charge in [0.25, 0.3) is 0 Å². The van der Waals surface area contributed by atoms with Crippen molar-refractivity contribution >= 4 is 45.6 Å². The van der Waals surface area contributed by atoms with Gasteiger partial charge >= 0.3 is 24.3 Å². The first-order chi connectivity index (χ1) is 34.1. The highest BCUT2D eigenvalue weighted by atomic mass is 19.4. The Morgan fingerprint density at radius 2 is 1.08 bits per heavy atom. The van der Waals surface area contributed by atoms with Gasteiger partial charge in [-0.15, -0.1) is 0 Å². The van der Waals surface area contributed by atoms with Crippen LogP contribution in [-0.4, -0.2) is 80.2 Å². The van der Waals surface area contributed by atoms with Crippen LogP contribution in [0.3, 0.4) is 0 Å². The summed E-state index contributed by atoms with van der Waals surface area (Å²) in [5, 5.41) is 9.67. The molecule has 1 N–H and O–H groups in total. The number of pyridine rings is 2. The van der Waals surface area contributed by atoms with Gasteiger partial charge in [0.15, 0.2) is 11.6 Å². The third kappa shape index (κ3) is 9.40. The number of anilines is 2. The number of carboxylic acid groups (broad SMARTS) is 1. The van der Waals surface area contributed by atoms with Crippen LogP contribution >= 0.6 is 0 Å². The average Bonchev–Trinajstić information content (AvgIpc) is 3.39. The van der Waals surface area contributed by atoms with E-state index in [-0.39, 0.29) is 22.5 Å². The van der Waals surface area contributed by atoms with Crippen LogP contribution in [-0.2, 0) is 17.1 Å². The molecule has 2 saturated heterocycles. The topological polar surface area (TPSA) is 147 Å². The lowest BCUT2D eigenvalue weighted by molar-refractivity contribution is -0.139. The molecule has 12 nitrogen and oxygen atoms in total. The first kappa shape index (κ1) is 46.7. The molecule has 0 aliphatic carbocycles. The fourth-order valence-corrected chi connectivity index (χ4v) is 9.62. The second-order valence-corrected chi connectivity index (χ2v) is 17.5. The van der Waals surface area contributed by atoms with E-state index in [2.05, 4.69) is 4.98 Å². The molecule has 2 aliphatic heterocycles. The average molecular weight is 969 g/mol. The minimum Gasteiger partial charge on any atom is -0.478 e. The summed E-state index contributed by atoms with van der Waals surface area (Å²) < 4.78 is 91.6. The number of alkyl halides is 6. The smallest absolute Gasteiger partial charge is 0.418 e.